The summed E-state index contributed by atoms with van der Waals surface area (Å²) in [7, 11) is 0. The number of rotatable bonds is 3. The first-order valence-electron chi connectivity index (χ1n) is 6.93. The van der Waals surface area contributed by atoms with Gasteiger partial charge in [-0.05, 0) is 48.6 Å². The van der Waals surface area contributed by atoms with Gasteiger partial charge in [0.05, 0.1) is 0 Å². The molecule has 0 spiro atoms. The van der Waals surface area contributed by atoms with Gasteiger partial charge in [-0.15, -0.1) is 0 Å². The van der Waals surface area contributed by atoms with E-state index in [0.717, 1.165) is 18.5 Å². The molecule has 2 atom stereocenters. The van der Waals surface area contributed by atoms with E-state index in [1.807, 2.05) is 6.07 Å². The average molecular weight is 252 g/mol. The molecule has 0 saturated heterocycles. The van der Waals surface area contributed by atoms with E-state index in [4.69, 9.17) is 5.73 Å². The van der Waals surface area contributed by atoms with Crippen molar-refractivity contribution < 1.29 is 0 Å². The van der Waals surface area contributed by atoms with Gasteiger partial charge in [0.25, 0.3) is 0 Å². The highest BCUT2D eigenvalue weighted by atomic mass is 14.9. The first-order chi connectivity index (χ1) is 9.24. The van der Waals surface area contributed by atoms with E-state index in [-0.39, 0.29) is 0 Å². The zero-order valence-electron chi connectivity index (χ0n) is 11.3. The van der Waals surface area contributed by atoms with Gasteiger partial charge in [-0.3, -0.25) is 0 Å². The molecule has 3 rings (SSSR count). The van der Waals surface area contributed by atoms with Crippen molar-refractivity contribution in [3.63, 3.8) is 0 Å². The van der Waals surface area contributed by atoms with E-state index in [2.05, 4.69) is 54.7 Å². The van der Waals surface area contributed by atoms with Crippen LogP contribution in [0.5, 0.6) is 0 Å². The van der Waals surface area contributed by atoms with Crippen LogP contribution in [-0.2, 0) is 6.42 Å². The molecule has 0 aliphatic heterocycles. The van der Waals surface area contributed by atoms with Gasteiger partial charge in [-0.1, -0.05) is 36.4 Å². The van der Waals surface area contributed by atoms with Crippen molar-refractivity contribution in [2.24, 2.45) is 0 Å². The molecule has 0 heterocycles. The molecule has 2 nitrogen and oxygen atoms in total. The Bertz CT molecular complexity index is 563. The molecule has 1 unspecified atom stereocenters. The first kappa shape index (κ1) is 12.2. The van der Waals surface area contributed by atoms with Crippen molar-refractivity contribution >= 4 is 5.69 Å². The Hall–Kier alpha value is -1.80. The Morgan fingerprint density at radius 1 is 1.16 bits per heavy atom. The summed E-state index contributed by atoms with van der Waals surface area (Å²) in [5.41, 5.74) is 10.9. The molecule has 2 aromatic carbocycles. The molecule has 19 heavy (non-hydrogen) atoms. The molecule has 98 valence electrons. The number of nitrogens with one attached hydrogen (secondary N) is 1. The van der Waals surface area contributed by atoms with Gasteiger partial charge in [-0.25, -0.2) is 0 Å². The summed E-state index contributed by atoms with van der Waals surface area (Å²) in [5.74, 6) is 0. The zero-order valence-corrected chi connectivity index (χ0v) is 11.3. The van der Waals surface area contributed by atoms with Crippen molar-refractivity contribution in [2.75, 3.05) is 5.73 Å². The number of aryl methyl sites for hydroxylation is 1. The number of benzene rings is 2. The molecular weight excluding hydrogens is 232 g/mol. The zero-order chi connectivity index (χ0) is 13.2. The third-order valence-electron chi connectivity index (χ3n) is 4.00. The molecule has 0 amide bonds. The first-order valence-corrected chi connectivity index (χ1v) is 6.93. The Morgan fingerprint density at radius 2 is 1.95 bits per heavy atom. The maximum Gasteiger partial charge on any atom is 0.0331 e. The third kappa shape index (κ3) is 2.49. The fourth-order valence-corrected chi connectivity index (χ4v) is 2.95. The number of hydrogen-bond donors (Lipinski definition) is 2. The van der Waals surface area contributed by atoms with Crippen LogP contribution in [0.1, 0.15) is 42.1 Å². The lowest BCUT2D eigenvalue weighted by molar-refractivity contribution is 0.465. The Morgan fingerprint density at radius 3 is 2.74 bits per heavy atom. The topological polar surface area (TPSA) is 38.0 Å². The molecule has 0 saturated carbocycles. The number of nitrogen functional groups attached to an aromatic ring is 1. The maximum absolute atomic E-state index is 5.85. The van der Waals surface area contributed by atoms with Crippen LogP contribution in [0.4, 0.5) is 5.69 Å². The lowest BCUT2D eigenvalue weighted by atomic mass is 10.0. The molecule has 0 bridgehead atoms. The Balaban J connectivity index is 1.76. The summed E-state index contributed by atoms with van der Waals surface area (Å²) in [4.78, 5) is 0. The maximum atomic E-state index is 5.85. The van der Waals surface area contributed by atoms with Gasteiger partial charge in [0.15, 0.2) is 0 Å². The summed E-state index contributed by atoms with van der Waals surface area (Å²) < 4.78 is 0. The predicted molar refractivity (Wildman–Crippen MR) is 79.9 cm³/mol. The normalized spacial score (nSPS) is 19.1. The second kappa shape index (κ2) is 5.06. The summed E-state index contributed by atoms with van der Waals surface area (Å²) in [6.07, 6.45) is 2.29. The monoisotopic (exact) mass is 252 g/mol. The van der Waals surface area contributed by atoms with Crippen LogP contribution in [0.15, 0.2) is 48.5 Å². The quantitative estimate of drug-likeness (QED) is 0.819. The number of nitrogens with two attached hydrogens (primary N) is 1. The number of hydrogen-bond acceptors (Lipinski definition) is 2. The van der Waals surface area contributed by atoms with Crippen LogP contribution < -0.4 is 11.1 Å². The molecule has 0 aromatic heterocycles. The van der Waals surface area contributed by atoms with E-state index in [1.54, 1.807) is 0 Å². The fraction of sp³-hybridized carbons (Fsp3) is 0.294. The van der Waals surface area contributed by atoms with Crippen molar-refractivity contribution in [1.29, 1.82) is 0 Å². The average Bonchev–Trinajstić information content (AvgIpc) is 2.82. The summed E-state index contributed by atoms with van der Waals surface area (Å²) >= 11 is 0. The summed E-state index contributed by atoms with van der Waals surface area (Å²) in [5, 5.41) is 3.73. The molecule has 3 N–H and O–H groups in total. The van der Waals surface area contributed by atoms with Crippen LogP contribution in [0.2, 0.25) is 0 Å². The fourth-order valence-electron chi connectivity index (χ4n) is 2.95. The van der Waals surface area contributed by atoms with Crippen LogP contribution in [0.25, 0.3) is 0 Å². The van der Waals surface area contributed by atoms with Gasteiger partial charge in [0.1, 0.15) is 0 Å². The molecule has 1 aliphatic carbocycles. The second-order valence-electron chi connectivity index (χ2n) is 5.35. The second-order valence-corrected chi connectivity index (χ2v) is 5.35. The van der Waals surface area contributed by atoms with Crippen LogP contribution in [0.3, 0.4) is 0 Å². The minimum Gasteiger partial charge on any atom is -0.399 e. The van der Waals surface area contributed by atoms with Crippen LogP contribution in [0, 0.1) is 0 Å². The number of fused-ring (bicyclic) bond motifs is 1. The van der Waals surface area contributed by atoms with Gasteiger partial charge < -0.3 is 11.1 Å². The smallest absolute Gasteiger partial charge is 0.0331 e. The van der Waals surface area contributed by atoms with Crippen molar-refractivity contribution in [3.05, 3.63) is 65.2 Å². The minimum absolute atomic E-state index is 0.370. The molecule has 1 aliphatic rings. The van der Waals surface area contributed by atoms with E-state index in [9.17, 15) is 0 Å². The van der Waals surface area contributed by atoms with Crippen molar-refractivity contribution in [2.45, 2.75) is 31.8 Å². The third-order valence-corrected chi connectivity index (χ3v) is 4.00. The van der Waals surface area contributed by atoms with E-state index in [0.29, 0.717) is 12.1 Å². The molecule has 0 radical (unpaired) electrons. The highest BCUT2D eigenvalue weighted by Gasteiger charge is 2.23. The minimum atomic E-state index is 0.370. The van der Waals surface area contributed by atoms with Crippen LogP contribution >= 0.6 is 0 Å². The van der Waals surface area contributed by atoms with E-state index >= 15 is 0 Å². The number of anilines is 1. The van der Waals surface area contributed by atoms with Gasteiger partial charge in [0.2, 0.25) is 0 Å². The lowest BCUT2D eigenvalue weighted by Crippen LogP contribution is -2.22. The predicted octanol–water partition coefficient (Wildman–Crippen LogP) is 3.61. The largest absolute Gasteiger partial charge is 0.399 e. The highest BCUT2D eigenvalue weighted by Crippen LogP contribution is 2.34. The highest BCUT2D eigenvalue weighted by molar-refractivity contribution is 5.47. The van der Waals surface area contributed by atoms with Crippen LogP contribution in [-0.4, -0.2) is 0 Å². The SMILES string of the molecule is C[C@@H](NC1CCc2cc(N)ccc21)c1ccccc1. The molecule has 2 aromatic rings. The standard InChI is InChI=1S/C17H20N2/c1-12(13-5-3-2-4-6-13)19-17-10-7-14-11-15(18)8-9-16(14)17/h2-6,8-9,11-12,17,19H,7,10,18H2,1H3/t12-,17?/m1/s1. The summed E-state index contributed by atoms with van der Waals surface area (Å²) in [6.45, 7) is 2.23. The lowest BCUT2D eigenvalue weighted by Gasteiger charge is -2.21. The summed E-state index contributed by atoms with van der Waals surface area (Å²) in [6, 6.07) is 17.7. The van der Waals surface area contributed by atoms with E-state index < -0.39 is 0 Å². The van der Waals surface area contributed by atoms with Crippen molar-refractivity contribution in [1.82, 2.24) is 5.32 Å². The Labute approximate surface area is 114 Å². The van der Waals surface area contributed by atoms with Gasteiger partial charge >= 0.3 is 0 Å². The Kier molecular flexibility index (Phi) is 3.26. The van der Waals surface area contributed by atoms with Gasteiger partial charge in [0, 0.05) is 17.8 Å². The van der Waals surface area contributed by atoms with E-state index in [1.165, 1.54) is 16.7 Å². The van der Waals surface area contributed by atoms with Crippen molar-refractivity contribution in [3.8, 4) is 0 Å². The molecule has 2 heteroatoms. The molecule has 0 fully saturated rings. The van der Waals surface area contributed by atoms with Gasteiger partial charge in [-0.2, -0.15) is 0 Å². The molecular formula is C17H20N2.